The minimum atomic E-state index is -4.53. The molecule has 0 N–H and O–H groups in total. The molecule has 11 heteroatoms. The summed E-state index contributed by atoms with van der Waals surface area (Å²) in [5, 5.41) is 11.3. The molecule has 0 amide bonds. The molecular formula is C16H14ClF3NO4PS. The number of ether oxygens (including phenoxy) is 1. The summed E-state index contributed by atoms with van der Waals surface area (Å²) in [7, 11) is 1.38. The largest absolute Gasteiger partial charge is 0.456 e. The van der Waals surface area contributed by atoms with Crippen molar-refractivity contribution in [3.8, 4) is 11.5 Å². The number of hydrogen-bond acceptors (Lipinski definition) is 5. The Morgan fingerprint density at radius 2 is 1.93 bits per heavy atom. The number of alkyl halides is 3. The van der Waals surface area contributed by atoms with Crippen LogP contribution in [0, 0.1) is 10.1 Å². The van der Waals surface area contributed by atoms with Crippen molar-refractivity contribution in [1.29, 1.82) is 0 Å². The molecule has 0 saturated carbocycles. The lowest BCUT2D eigenvalue weighted by molar-refractivity contribution is -0.383. The summed E-state index contributed by atoms with van der Waals surface area (Å²) in [4.78, 5) is 10.7. The van der Waals surface area contributed by atoms with E-state index in [1.165, 1.54) is 25.3 Å². The molecule has 0 aliphatic carbocycles. The molecule has 2 aromatic rings. The first-order valence-electron chi connectivity index (χ1n) is 7.50. The van der Waals surface area contributed by atoms with E-state index in [0.29, 0.717) is 6.16 Å². The minimum Gasteiger partial charge on any atom is -0.456 e. The summed E-state index contributed by atoms with van der Waals surface area (Å²) >= 11 is 11.3. The molecule has 27 heavy (non-hydrogen) atoms. The lowest BCUT2D eigenvalue weighted by atomic mass is 10.2. The van der Waals surface area contributed by atoms with Gasteiger partial charge in [0.2, 0.25) is 0 Å². The maximum atomic E-state index is 12.7. The molecule has 0 bridgehead atoms. The van der Waals surface area contributed by atoms with Gasteiger partial charge >= 0.3 is 6.18 Å². The first kappa shape index (κ1) is 21.6. The van der Waals surface area contributed by atoms with E-state index in [-0.39, 0.29) is 27.5 Å². The molecule has 1 unspecified atom stereocenters. The highest BCUT2D eigenvalue weighted by atomic mass is 35.5. The molecule has 1 atom stereocenters. The van der Waals surface area contributed by atoms with Crippen molar-refractivity contribution < 1.29 is 27.4 Å². The Morgan fingerprint density at radius 3 is 2.41 bits per heavy atom. The van der Waals surface area contributed by atoms with E-state index >= 15 is 0 Å². The van der Waals surface area contributed by atoms with Crippen LogP contribution in [0.4, 0.5) is 18.9 Å². The lowest BCUT2D eigenvalue weighted by Crippen LogP contribution is -2.13. The number of nitro benzene ring substituents is 1. The minimum absolute atomic E-state index is 0.0216. The first-order valence-corrected chi connectivity index (χ1v) is 10.8. The highest BCUT2D eigenvalue weighted by molar-refractivity contribution is 8.16. The number of nitrogens with zero attached hydrogens (tertiary/aromatic N) is 1. The van der Waals surface area contributed by atoms with Crippen LogP contribution in [0.5, 0.6) is 11.5 Å². The van der Waals surface area contributed by atoms with Crippen LogP contribution in [-0.4, -0.2) is 18.2 Å². The second-order valence-corrected chi connectivity index (χ2v) is 10.3. The van der Waals surface area contributed by atoms with Gasteiger partial charge in [-0.1, -0.05) is 30.3 Å². The normalized spacial score (nSPS) is 13.9. The monoisotopic (exact) mass is 439 g/mol. The molecular weight excluding hydrogens is 426 g/mol. The van der Waals surface area contributed by atoms with Crippen LogP contribution in [-0.2, 0) is 22.5 Å². The third kappa shape index (κ3) is 4.79. The average molecular weight is 440 g/mol. The molecule has 0 aromatic heterocycles. The second kappa shape index (κ2) is 8.14. The van der Waals surface area contributed by atoms with Gasteiger partial charge in [0.05, 0.1) is 20.8 Å². The summed E-state index contributed by atoms with van der Waals surface area (Å²) in [5.41, 5.74) is -1.11. The van der Waals surface area contributed by atoms with Crippen molar-refractivity contribution >= 4 is 40.7 Å². The third-order valence-electron chi connectivity index (χ3n) is 3.71. The highest BCUT2D eigenvalue weighted by Crippen LogP contribution is 2.48. The molecule has 0 heterocycles. The summed E-state index contributed by atoms with van der Waals surface area (Å²) < 4.78 is 49.1. The van der Waals surface area contributed by atoms with Crippen LogP contribution in [0.25, 0.3) is 0 Å². The number of benzene rings is 2. The number of nitro groups is 1. The van der Waals surface area contributed by atoms with Crippen molar-refractivity contribution in [3.63, 3.8) is 0 Å². The average Bonchev–Trinajstić information content (AvgIpc) is 2.61. The Kier molecular flexibility index (Phi) is 6.52. The highest BCUT2D eigenvalue weighted by Gasteiger charge is 2.31. The van der Waals surface area contributed by atoms with Gasteiger partial charge in [-0.25, -0.2) is 0 Å². The smallest absolute Gasteiger partial charge is 0.416 e. The van der Waals surface area contributed by atoms with Crippen LogP contribution in [0.3, 0.4) is 0 Å². The molecule has 0 saturated heterocycles. The van der Waals surface area contributed by atoms with Gasteiger partial charge in [0.25, 0.3) is 5.69 Å². The maximum Gasteiger partial charge on any atom is 0.416 e. The van der Waals surface area contributed by atoms with Crippen LogP contribution >= 0.6 is 17.9 Å². The van der Waals surface area contributed by atoms with Gasteiger partial charge in [-0.05, 0) is 30.3 Å². The number of halogens is 4. The van der Waals surface area contributed by atoms with E-state index in [9.17, 15) is 23.3 Å². The number of rotatable bonds is 6. The molecule has 0 fully saturated rings. The van der Waals surface area contributed by atoms with Crippen LogP contribution in [0.2, 0.25) is 5.02 Å². The fraction of sp³-hybridized carbons (Fsp3) is 0.250. The zero-order valence-electron chi connectivity index (χ0n) is 14.1. The molecule has 0 radical (unpaired) electrons. The molecule has 0 aliphatic rings. The summed E-state index contributed by atoms with van der Waals surface area (Å²) in [5.74, 6) is 0.128. The first-order chi connectivity index (χ1) is 12.5. The molecule has 2 rings (SSSR count). The topological polar surface area (TPSA) is 61.6 Å². The van der Waals surface area contributed by atoms with Gasteiger partial charge in [0.1, 0.15) is 17.8 Å². The molecule has 5 nitrogen and oxygen atoms in total. The van der Waals surface area contributed by atoms with Crippen molar-refractivity contribution in [3.05, 3.63) is 57.1 Å². The van der Waals surface area contributed by atoms with Gasteiger partial charge in [0, 0.05) is 19.3 Å². The van der Waals surface area contributed by atoms with Crippen molar-refractivity contribution in [2.45, 2.75) is 13.1 Å². The quantitative estimate of drug-likeness (QED) is 0.326. The molecule has 146 valence electrons. The predicted molar refractivity (Wildman–Crippen MR) is 101 cm³/mol. The van der Waals surface area contributed by atoms with E-state index in [1.807, 2.05) is 0 Å². The van der Waals surface area contributed by atoms with Gasteiger partial charge in [0.15, 0.2) is 0 Å². The number of hydrogen-bond donors (Lipinski definition) is 0. The van der Waals surface area contributed by atoms with E-state index in [0.717, 1.165) is 18.2 Å². The maximum absolute atomic E-state index is 12.7. The van der Waals surface area contributed by atoms with E-state index in [2.05, 4.69) is 0 Å². The van der Waals surface area contributed by atoms with Gasteiger partial charge in [-0.2, -0.15) is 13.2 Å². The molecule has 0 spiro atoms. The van der Waals surface area contributed by atoms with E-state index in [4.69, 9.17) is 32.7 Å². The molecule has 0 aliphatic heterocycles. The summed E-state index contributed by atoms with van der Waals surface area (Å²) in [6, 6.07) is 6.57. The van der Waals surface area contributed by atoms with Gasteiger partial charge in [-0.15, -0.1) is 0 Å². The van der Waals surface area contributed by atoms with E-state index in [1.54, 1.807) is 6.92 Å². The second-order valence-electron chi connectivity index (χ2n) is 5.32. The predicted octanol–water partition coefficient (Wildman–Crippen LogP) is 5.75. The SMILES string of the molecule is CCP(=S)(OC)c1cc(Oc2ccc(C(F)(F)F)cc2Cl)ccc1[N+](=O)[O-]. The molecule has 2 aromatic carbocycles. The lowest BCUT2D eigenvalue weighted by Gasteiger charge is -2.19. The van der Waals surface area contributed by atoms with E-state index < -0.39 is 22.9 Å². The Labute approximate surface area is 163 Å². The van der Waals surface area contributed by atoms with Crippen molar-refractivity contribution in [2.24, 2.45) is 0 Å². The third-order valence-corrected chi connectivity index (χ3v) is 8.33. The standard InChI is InChI=1S/C16H14ClF3NO4PS/c1-3-26(27,24-2)15-9-11(5-6-13(15)21(22)23)25-14-7-4-10(8-12(14)17)16(18,19)20/h4-9H,3H2,1-2H3. The van der Waals surface area contributed by atoms with Crippen LogP contribution in [0.15, 0.2) is 36.4 Å². The zero-order valence-corrected chi connectivity index (χ0v) is 16.6. The Bertz CT molecular complexity index is 915. The van der Waals surface area contributed by atoms with Crippen molar-refractivity contribution in [1.82, 2.24) is 0 Å². The van der Waals surface area contributed by atoms with Gasteiger partial charge in [-0.3, -0.25) is 10.1 Å². The fourth-order valence-electron chi connectivity index (χ4n) is 2.28. The Hall–Kier alpha value is -1.67. The Morgan fingerprint density at radius 1 is 1.26 bits per heavy atom. The van der Waals surface area contributed by atoms with Crippen LogP contribution < -0.4 is 10.0 Å². The zero-order chi connectivity index (χ0) is 20.4. The fourth-order valence-corrected chi connectivity index (χ4v) is 4.56. The van der Waals surface area contributed by atoms with Gasteiger partial charge < -0.3 is 9.26 Å². The van der Waals surface area contributed by atoms with Crippen molar-refractivity contribution in [2.75, 3.05) is 13.3 Å². The summed E-state index contributed by atoms with van der Waals surface area (Å²) in [6.07, 6.45) is -6.82. The summed E-state index contributed by atoms with van der Waals surface area (Å²) in [6.45, 7) is 1.76. The Balaban J connectivity index is 2.46. The van der Waals surface area contributed by atoms with Crippen LogP contribution in [0.1, 0.15) is 12.5 Å².